The van der Waals surface area contributed by atoms with Crippen LogP contribution in [0.1, 0.15) is 33.6 Å². The maximum atomic E-state index is 11.6. The van der Waals surface area contributed by atoms with Crippen LogP contribution >= 0.6 is 0 Å². The Kier molecular flexibility index (Phi) is 11.7. The number of nitrogens with zero attached hydrogens (tertiary/aromatic N) is 2. The summed E-state index contributed by atoms with van der Waals surface area (Å²) >= 11 is 0. The molecular weight excluding hydrogens is 268 g/mol. The van der Waals surface area contributed by atoms with Gasteiger partial charge in [-0.2, -0.15) is 0 Å². The van der Waals surface area contributed by atoms with Crippen LogP contribution in [0.25, 0.3) is 0 Å². The number of hydrogen-bond donors (Lipinski definition) is 2. The summed E-state index contributed by atoms with van der Waals surface area (Å²) in [4.78, 5) is 17.5. The van der Waals surface area contributed by atoms with Crippen LogP contribution in [0.2, 0.25) is 0 Å². The lowest BCUT2D eigenvalue weighted by Gasteiger charge is -2.14. The molecule has 1 amide bonds. The Morgan fingerprint density at radius 1 is 1.24 bits per heavy atom. The Bertz CT molecular complexity index is 304. The molecule has 0 unspecified atom stereocenters. The van der Waals surface area contributed by atoms with Gasteiger partial charge in [-0.05, 0) is 25.7 Å². The van der Waals surface area contributed by atoms with Crippen molar-refractivity contribution in [2.24, 2.45) is 10.9 Å². The molecule has 0 aromatic carbocycles. The van der Waals surface area contributed by atoms with E-state index >= 15 is 0 Å². The summed E-state index contributed by atoms with van der Waals surface area (Å²) in [7, 11) is 3.47. The fourth-order valence-electron chi connectivity index (χ4n) is 1.47. The van der Waals surface area contributed by atoms with Crippen LogP contribution in [-0.4, -0.2) is 63.7 Å². The van der Waals surface area contributed by atoms with Crippen LogP contribution in [0.15, 0.2) is 4.99 Å². The topological polar surface area (TPSA) is 66.0 Å². The zero-order valence-electron chi connectivity index (χ0n) is 14.2. The van der Waals surface area contributed by atoms with E-state index in [1.54, 1.807) is 19.0 Å². The predicted octanol–water partition coefficient (Wildman–Crippen LogP) is 1.08. The molecule has 0 aliphatic rings. The van der Waals surface area contributed by atoms with Crippen LogP contribution < -0.4 is 10.6 Å². The maximum absolute atomic E-state index is 11.6. The highest BCUT2D eigenvalue weighted by molar-refractivity contribution is 5.84. The van der Waals surface area contributed by atoms with Crippen LogP contribution in [0.5, 0.6) is 0 Å². The summed E-state index contributed by atoms with van der Waals surface area (Å²) in [5.74, 6) is 1.33. The van der Waals surface area contributed by atoms with Gasteiger partial charge in [-0.15, -0.1) is 0 Å². The van der Waals surface area contributed by atoms with Crippen LogP contribution in [-0.2, 0) is 9.53 Å². The summed E-state index contributed by atoms with van der Waals surface area (Å²) < 4.78 is 5.30. The summed E-state index contributed by atoms with van der Waals surface area (Å²) in [5, 5.41) is 6.50. The molecular formula is C15H32N4O2. The quantitative estimate of drug-likeness (QED) is 0.360. The number of guanidine groups is 1. The first-order valence-corrected chi connectivity index (χ1v) is 7.77. The van der Waals surface area contributed by atoms with Gasteiger partial charge in [0.25, 0.3) is 0 Å². The minimum absolute atomic E-state index is 0.00530. The summed E-state index contributed by atoms with van der Waals surface area (Å²) in [6.45, 7) is 9.63. The molecule has 0 saturated heterocycles. The molecule has 0 bridgehead atoms. The standard InChI is InChI=1S/C15H32N4O2/c1-6-21-11-7-9-16-15(17-10-8-13(2)3)18-12-14(20)19(4)5/h13H,6-12H2,1-5H3,(H2,16,17,18). The van der Waals surface area contributed by atoms with Gasteiger partial charge in [-0.1, -0.05) is 13.8 Å². The van der Waals surface area contributed by atoms with Crippen LogP contribution in [0, 0.1) is 5.92 Å². The molecule has 0 fully saturated rings. The molecule has 0 aromatic rings. The highest BCUT2D eigenvalue weighted by Gasteiger charge is 2.04. The maximum Gasteiger partial charge on any atom is 0.243 e. The Morgan fingerprint density at radius 2 is 1.90 bits per heavy atom. The zero-order valence-corrected chi connectivity index (χ0v) is 14.2. The van der Waals surface area contributed by atoms with E-state index in [1.165, 1.54) is 0 Å². The third kappa shape index (κ3) is 12.2. The van der Waals surface area contributed by atoms with Crippen LogP contribution in [0.4, 0.5) is 0 Å². The molecule has 6 heteroatoms. The molecule has 0 rings (SSSR count). The first kappa shape index (κ1) is 19.7. The normalized spacial score (nSPS) is 11.6. The van der Waals surface area contributed by atoms with Crippen molar-refractivity contribution in [2.75, 3.05) is 46.9 Å². The molecule has 21 heavy (non-hydrogen) atoms. The lowest BCUT2D eigenvalue weighted by Crippen LogP contribution is -2.40. The third-order valence-electron chi connectivity index (χ3n) is 2.85. The zero-order chi connectivity index (χ0) is 16.1. The molecule has 0 saturated carbocycles. The SMILES string of the molecule is CCOCCCNC(=NCC(=O)N(C)C)NCCC(C)C. The van der Waals surface area contributed by atoms with E-state index in [4.69, 9.17) is 4.74 Å². The number of carbonyl (C=O) groups excluding carboxylic acids is 1. The molecule has 0 radical (unpaired) electrons. The van der Waals surface area contributed by atoms with Gasteiger partial charge < -0.3 is 20.3 Å². The number of nitrogens with one attached hydrogen (secondary N) is 2. The number of hydrogen-bond acceptors (Lipinski definition) is 3. The van der Waals surface area contributed by atoms with E-state index in [9.17, 15) is 4.79 Å². The largest absolute Gasteiger partial charge is 0.382 e. The van der Waals surface area contributed by atoms with Crippen molar-refractivity contribution >= 4 is 11.9 Å². The Labute approximate surface area is 129 Å². The number of likely N-dealkylation sites (N-methyl/N-ethyl adjacent to an activating group) is 1. The van der Waals surface area contributed by atoms with Crippen molar-refractivity contribution in [1.82, 2.24) is 15.5 Å². The van der Waals surface area contributed by atoms with E-state index in [0.29, 0.717) is 11.9 Å². The molecule has 124 valence electrons. The van der Waals surface area contributed by atoms with E-state index in [1.807, 2.05) is 6.92 Å². The minimum Gasteiger partial charge on any atom is -0.382 e. The second-order valence-electron chi connectivity index (χ2n) is 5.54. The smallest absolute Gasteiger partial charge is 0.243 e. The van der Waals surface area contributed by atoms with Crippen molar-refractivity contribution in [3.05, 3.63) is 0 Å². The molecule has 0 heterocycles. The molecule has 0 spiro atoms. The fraction of sp³-hybridized carbons (Fsp3) is 0.867. The number of aliphatic imine (C=N–C) groups is 1. The highest BCUT2D eigenvalue weighted by atomic mass is 16.5. The first-order valence-electron chi connectivity index (χ1n) is 7.77. The summed E-state index contributed by atoms with van der Waals surface area (Å²) in [5.41, 5.74) is 0. The van der Waals surface area contributed by atoms with Crippen molar-refractivity contribution in [1.29, 1.82) is 0 Å². The third-order valence-corrected chi connectivity index (χ3v) is 2.85. The fourth-order valence-corrected chi connectivity index (χ4v) is 1.47. The molecule has 0 aliphatic heterocycles. The molecule has 0 aromatic heterocycles. The van der Waals surface area contributed by atoms with E-state index in [0.717, 1.165) is 39.1 Å². The molecule has 2 N–H and O–H groups in total. The second kappa shape index (κ2) is 12.4. The van der Waals surface area contributed by atoms with Gasteiger partial charge in [0.1, 0.15) is 6.54 Å². The lowest BCUT2D eigenvalue weighted by atomic mass is 10.1. The summed E-state index contributed by atoms with van der Waals surface area (Å²) in [6.07, 6.45) is 1.99. The van der Waals surface area contributed by atoms with E-state index in [-0.39, 0.29) is 12.5 Å². The average Bonchev–Trinajstić information content (AvgIpc) is 2.42. The van der Waals surface area contributed by atoms with Crippen LogP contribution in [0.3, 0.4) is 0 Å². The Hall–Kier alpha value is -1.30. The van der Waals surface area contributed by atoms with Crippen molar-refractivity contribution in [3.63, 3.8) is 0 Å². The Balaban J connectivity index is 4.19. The van der Waals surface area contributed by atoms with Gasteiger partial charge in [0.15, 0.2) is 5.96 Å². The van der Waals surface area contributed by atoms with Gasteiger partial charge in [-0.3, -0.25) is 4.79 Å². The van der Waals surface area contributed by atoms with Gasteiger partial charge in [0.05, 0.1) is 0 Å². The van der Waals surface area contributed by atoms with Crippen molar-refractivity contribution in [3.8, 4) is 0 Å². The summed E-state index contributed by atoms with van der Waals surface area (Å²) in [6, 6.07) is 0. The van der Waals surface area contributed by atoms with E-state index < -0.39 is 0 Å². The lowest BCUT2D eigenvalue weighted by molar-refractivity contribution is -0.127. The molecule has 6 nitrogen and oxygen atoms in total. The molecule has 0 atom stereocenters. The monoisotopic (exact) mass is 300 g/mol. The predicted molar refractivity (Wildman–Crippen MR) is 87.6 cm³/mol. The van der Waals surface area contributed by atoms with Crippen molar-refractivity contribution in [2.45, 2.75) is 33.6 Å². The minimum atomic E-state index is -0.00530. The average molecular weight is 300 g/mol. The first-order chi connectivity index (χ1) is 9.97. The number of ether oxygens (including phenoxy) is 1. The van der Waals surface area contributed by atoms with Gasteiger partial charge in [0.2, 0.25) is 5.91 Å². The number of carbonyl (C=O) groups is 1. The highest BCUT2D eigenvalue weighted by Crippen LogP contribution is 1.96. The number of amides is 1. The van der Waals surface area contributed by atoms with Gasteiger partial charge in [-0.25, -0.2) is 4.99 Å². The van der Waals surface area contributed by atoms with Gasteiger partial charge >= 0.3 is 0 Å². The van der Waals surface area contributed by atoms with Crippen molar-refractivity contribution < 1.29 is 9.53 Å². The molecule has 0 aliphatic carbocycles. The van der Waals surface area contributed by atoms with E-state index in [2.05, 4.69) is 29.5 Å². The second-order valence-corrected chi connectivity index (χ2v) is 5.54. The van der Waals surface area contributed by atoms with Gasteiger partial charge in [0, 0.05) is 40.4 Å². The Morgan fingerprint density at radius 3 is 2.48 bits per heavy atom. The number of rotatable bonds is 10.